The molecular weight excluding hydrogens is 562 g/mol. The zero-order valence-electron chi connectivity index (χ0n) is 24.9. The molecule has 43 heavy (non-hydrogen) atoms. The van der Waals surface area contributed by atoms with Crippen molar-refractivity contribution in [2.45, 2.75) is 95.5 Å². The molecule has 1 aliphatic rings. The summed E-state index contributed by atoms with van der Waals surface area (Å²) in [4.78, 5) is 23.1. The van der Waals surface area contributed by atoms with Crippen molar-refractivity contribution in [2.24, 2.45) is 11.5 Å². The zero-order chi connectivity index (χ0) is 31.7. The van der Waals surface area contributed by atoms with Crippen LogP contribution in [0.1, 0.15) is 67.8 Å². The Morgan fingerprint density at radius 2 is 1.91 bits per heavy atom. The highest BCUT2D eigenvalue weighted by Crippen LogP contribution is 2.32. The number of nitrogens with one attached hydrogen (secondary N) is 2. The van der Waals surface area contributed by atoms with Crippen LogP contribution < -0.4 is 26.3 Å². The van der Waals surface area contributed by atoms with Gasteiger partial charge in [0.15, 0.2) is 0 Å². The summed E-state index contributed by atoms with van der Waals surface area (Å²) < 4.78 is 17.2. The van der Waals surface area contributed by atoms with Crippen molar-refractivity contribution in [3.8, 4) is 11.6 Å². The Balaban J connectivity index is 1.56. The summed E-state index contributed by atoms with van der Waals surface area (Å²) in [7, 11) is 0. The maximum atomic E-state index is 12.1. The van der Waals surface area contributed by atoms with Gasteiger partial charge in [0.25, 0.3) is 0 Å². The number of hydrogen-bond donors (Lipinski definition) is 8. The molecule has 10 N–H and O–H groups in total. The molecule has 14 nitrogen and oxygen atoms in total. The average Bonchev–Trinajstić information content (AvgIpc) is 3.36. The van der Waals surface area contributed by atoms with Crippen molar-refractivity contribution in [1.82, 2.24) is 15.5 Å². The van der Waals surface area contributed by atoms with Crippen LogP contribution in [0, 0.1) is 6.92 Å². The molecule has 0 radical (unpaired) electrons. The predicted molar refractivity (Wildman–Crippen MR) is 155 cm³/mol. The molecule has 3 rings (SSSR count). The second-order valence-electron chi connectivity index (χ2n) is 11.1. The molecule has 14 heteroatoms. The Kier molecular flexibility index (Phi) is 12.7. The monoisotopic (exact) mass is 607 g/mol. The van der Waals surface area contributed by atoms with Crippen LogP contribution in [0.15, 0.2) is 18.2 Å². The van der Waals surface area contributed by atoms with Gasteiger partial charge in [-0.15, -0.1) is 5.10 Å². The molecule has 0 saturated carbocycles. The van der Waals surface area contributed by atoms with E-state index in [-0.39, 0.29) is 30.7 Å². The van der Waals surface area contributed by atoms with Gasteiger partial charge < -0.3 is 51.4 Å². The Hall–Kier alpha value is -3.27. The number of benzene rings is 1. The first kappa shape index (κ1) is 34.2. The standard InChI is InChI=1S/C29H45N5O9/c1-15(2)23-19(28(34-33-23)43-29-26(39)25(38)24(37)21(14-35)42-29)13-17-7-8-18(12-16(17)3)41-11-9-22(36)32-10-5-4-6-20(30)27(31)40/h7-8,12,15,20-21,24-26,29,35,37-39H,4-6,9-11,13-14,30H2,1-3H3,(H2,31,40)(H,32,36)(H,33,34)/t20-,21+,24+,25-,26+,29?/m0/s1. The number of nitrogens with zero attached hydrogens (tertiary/aromatic N) is 1. The van der Waals surface area contributed by atoms with Gasteiger partial charge in [-0.05, 0) is 55.4 Å². The number of amides is 2. The summed E-state index contributed by atoms with van der Waals surface area (Å²) in [5, 5.41) is 50.2. The van der Waals surface area contributed by atoms with Crippen molar-refractivity contribution < 1.29 is 44.2 Å². The van der Waals surface area contributed by atoms with E-state index in [0.29, 0.717) is 38.0 Å². The molecule has 2 amide bonds. The number of aliphatic hydroxyl groups is 4. The first-order valence-corrected chi connectivity index (χ1v) is 14.5. The van der Waals surface area contributed by atoms with E-state index >= 15 is 0 Å². The molecule has 0 aliphatic carbocycles. The molecule has 1 aromatic carbocycles. The third-order valence-electron chi connectivity index (χ3n) is 7.42. The van der Waals surface area contributed by atoms with E-state index in [1.165, 1.54) is 0 Å². The molecular formula is C29H45N5O9. The number of primary amides is 1. The van der Waals surface area contributed by atoms with Gasteiger partial charge in [-0.25, -0.2) is 0 Å². The molecule has 2 heterocycles. The van der Waals surface area contributed by atoms with Gasteiger partial charge >= 0.3 is 0 Å². The molecule has 1 unspecified atom stereocenters. The summed E-state index contributed by atoms with van der Waals surface area (Å²) in [5.41, 5.74) is 14.2. The number of carbonyl (C=O) groups excluding carboxylic acids is 2. The molecule has 1 saturated heterocycles. The van der Waals surface area contributed by atoms with Gasteiger partial charge in [0.2, 0.25) is 24.0 Å². The van der Waals surface area contributed by atoms with Crippen molar-refractivity contribution in [1.29, 1.82) is 0 Å². The number of ether oxygens (including phenoxy) is 3. The highest BCUT2D eigenvalue weighted by molar-refractivity contribution is 5.79. The zero-order valence-corrected chi connectivity index (χ0v) is 24.9. The molecule has 1 aliphatic heterocycles. The minimum Gasteiger partial charge on any atom is -0.493 e. The van der Waals surface area contributed by atoms with Crippen LogP contribution >= 0.6 is 0 Å². The number of aliphatic hydroxyl groups excluding tert-OH is 4. The number of unbranched alkanes of at least 4 members (excludes halogenated alkanes) is 1. The third kappa shape index (κ3) is 9.36. The van der Waals surface area contributed by atoms with Gasteiger partial charge in [-0.2, -0.15) is 0 Å². The van der Waals surface area contributed by atoms with Gasteiger partial charge in [-0.3, -0.25) is 14.7 Å². The number of rotatable bonds is 16. The van der Waals surface area contributed by atoms with Crippen LogP contribution in [0.5, 0.6) is 11.6 Å². The van der Waals surface area contributed by atoms with E-state index in [2.05, 4.69) is 15.5 Å². The summed E-state index contributed by atoms with van der Waals surface area (Å²) >= 11 is 0. The Labute approximate surface area is 250 Å². The lowest BCUT2D eigenvalue weighted by molar-refractivity contribution is -0.278. The fourth-order valence-corrected chi connectivity index (χ4v) is 4.74. The van der Waals surface area contributed by atoms with Gasteiger partial charge in [0.1, 0.15) is 30.2 Å². The van der Waals surface area contributed by atoms with Crippen LogP contribution in [0.25, 0.3) is 0 Å². The van der Waals surface area contributed by atoms with Crippen molar-refractivity contribution in [3.63, 3.8) is 0 Å². The van der Waals surface area contributed by atoms with E-state index in [9.17, 15) is 30.0 Å². The molecule has 2 aromatic rings. The summed E-state index contributed by atoms with van der Waals surface area (Å²) in [6, 6.07) is 4.94. The molecule has 6 atom stereocenters. The Morgan fingerprint density at radius 1 is 1.16 bits per heavy atom. The smallest absolute Gasteiger partial charge is 0.238 e. The van der Waals surface area contributed by atoms with E-state index in [4.69, 9.17) is 25.7 Å². The molecule has 240 valence electrons. The van der Waals surface area contributed by atoms with Crippen LogP contribution in [-0.4, -0.2) is 98.9 Å². The quantitative estimate of drug-likeness (QED) is 0.113. The van der Waals surface area contributed by atoms with Crippen LogP contribution in [0.3, 0.4) is 0 Å². The first-order valence-electron chi connectivity index (χ1n) is 14.5. The number of nitrogens with two attached hydrogens (primary N) is 2. The van der Waals surface area contributed by atoms with Crippen LogP contribution in [-0.2, 0) is 20.7 Å². The predicted octanol–water partition coefficient (Wildman–Crippen LogP) is -0.521. The number of aryl methyl sites for hydroxylation is 1. The van der Waals surface area contributed by atoms with Crippen LogP contribution in [0.4, 0.5) is 0 Å². The maximum absolute atomic E-state index is 12.1. The highest BCUT2D eigenvalue weighted by atomic mass is 16.7. The average molecular weight is 608 g/mol. The number of carbonyl (C=O) groups is 2. The fraction of sp³-hybridized carbons (Fsp3) is 0.621. The second kappa shape index (κ2) is 16.0. The maximum Gasteiger partial charge on any atom is 0.238 e. The van der Waals surface area contributed by atoms with E-state index in [1.54, 1.807) is 0 Å². The third-order valence-corrected chi connectivity index (χ3v) is 7.42. The second-order valence-corrected chi connectivity index (χ2v) is 11.1. The van der Waals surface area contributed by atoms with E-state index < -0.39 is 49.3 Å². The number of aromatic amines is 1. The Bertz CT molecular complexity index is 1210. The first-order chi connectivity index (χ1) is 20.4. The Morgan fingerprint density at radius 3 is 2.56 bits per heavy atom. The fourth-order valence-electron chi connectivity index (χ4n) is 4.74. The largest absolute Gasteiger partial charge is 0.493 e. The van der Waals surface area contributed by atoms with Gasteiger partial charge in [-0.1, -0.05) is 19.9 Å². The van der Waals surface area contributed by atoms with Crippen molar-refractivity contribution >= 4 is 11.8 Å². The number of hydrogen-bond acceptors (Lipinski definition) is 11. The summed E-state index contributed by atoms with van der Waals surface area (Å²) in [5.74, 6) is 0.187. The van der Waals surface area contributed by atoms with Gasteiger partial charge in [0, 0.05) is 24.2 Å². The lowest BCUT2D eigenvalue weighted by atomic mass is 9.96. The minimum atomic E-state index is -1.57. The molecule has 0 spiro atoms. The summed E-state index contributed by atoms with van der Waals surface area (Å²) in [6.45, 7) is 6.04. The number of H-pyrrole nitrogens is 1. The topological polar surface area (TPSA) is 235 Å². The SMILES string of the molecule is Cc1cc(OCCC(=O)NCCCC[C@H](N)C(N)=O)ccc1Cc1c(OC2O[C@H](CO)[C@@H](O)[C@H](O)[C@H]2O)n[nH]c1C(C)C. The normalized spacial score (nSPS) is 22.8. The van der Waals surface area contributed by atoms with E-state index in [0.717, 1.165) is 22.4 Å². The number of aromatic nitrogens is 2. The highest BCUT2D eigenvalue weighted by Gasteiger charge is 2.45. The minimum absolute atomic E-state index is 0.0661. The van der Waals surface area contributed by atoms with Crippen molar-refractivity contribution in [2.75, 3.05) is 19.8 Å². The lowest BCUT2D eigenvalue weighted by Gasteiger charge is -2.39. The molecule has 1 fully saturated rings. The molecule has 0 bridgehead atoms. The molecule has 1 aromatic heterocycles. The van der Waals surface area contributed by atoms with Crippen molar-refractivity contribution in [3.05, 3.63) is 40.6 Å². The van der Waals surface area contributed by atoms with Gasteiger partial charge in [0.05, 0.1) is 25.7 Å². The van der Waals surface area contributed by atoms with Crippen LogP contribution in [0.2, 0.25) is 0 Å². The van der Waals surface area contributed by atoms with E-state index in [1.807, 2.05) is 39.0 Å². The summed E-state index contributed by atoms with van der Waals surface area (Å²) in [6.07, 6.45) is -4.60. The lowest BCUT2D eigenvalue weighted by Crippen LogP contribution is -2.60.